The lowest BCUT2D eigenvalue weighted by Gasteiger charge is -2.31. The number of likely N-dealkylation sites (tertiary alicyclic amines) is 1. The molecule has 1 aliphatic heterocycles. The van der Waals surface area contributed by atoms with Crippen LogP contribution in [-0.2, 0) is 7.05 Å². The fourth-order valence-corrected chi connectivity index (χ4v) is 3.70. The Morgan fingerprint density at radius 3 is 2.38 bits per heavy atom. The third kappa shape index (κ3) is 4.01. The Labute approximate surface area is 167 Å². The Balaban J connectivity index is 1.49. The summed E-state index contributed by atoms with van der Waals surface area (Å²) in [6, 6.07) is 4.81. The Morgan fingerprint density at radius 1 is 1.07 bits per heavy atom. The summed E-state index contributed by atoms with van der Waals surface area (Å²) in [4.78, 5) is 27.9. The van der Waals surface area contributed by atoms with Gasteiger partial charge in [0.25, 0.3) is 5.91 Å². The van der Waals surface area contributed by atoms with Crippen LogP contribution in [0.1, 0.15) is 40.6 Å². The van der Waals surface area contributed by atoms with Gasteiger partial charge in [0.2, 0.25) is 0 Å². The third-order valence-corrected chi connectivity index (χ3v) is 5.18. The number of halogens is 2. The van der Waals surface area contributed by atoms with Gasteiger partial charge in [-0.3, -0.25) is 4.79 Å². The van der Waals surface area contributed by atoms with E-state index in [0.29, 0.717) is 25.9 Å². The number of rotatable bonds is 3. The highest BCUT2D eigenvalue weighted by Gasteiger charge is 2.27. The summed E-state index contributed by atoms with van der Waals surface area (Å²) in [6.07, 6.45) is 4.97. The predicted octanol–water partition coefficient (Wildman–Crippen LogP) is 3.48. The fourth-order valence-electron chi connectivity index (χ4n) is 3.70. The Kier molecular flexibility index (Phi) is 5.08. The molecule has 0 N–H and O–H groups in total. The van der Waals surface area contributed by atoms with E-state index < -0.39 is 11.6 Å². The van der Waals surface area contributed by atoms with Crippen molar-refractivity contribution in [1.29, 1.82) is 0 Å². The van der Waals surface area contributed by atoms with Crippen LogP contribution in [0, 0.1) is 18.6 Å². The number of carbonyl (C=O) groups excluding carboxylic acids is 1. The van der Waals surface area contributed by atoms with Crippen LogP contribution in [0.25, 0.3) is 11.5 Å². The van der Waals surface area contributed by atoms with E-state index in [1.807, 2.05) is 30.8 Å². The number of aromatic nitrogens is 4. The van der Waals surface area contributed by atoms with Crippen molar-refractivity contribution < 1.29 is 13.6 Å². The Morgan fingerprint density at radius 2 is 1.76 bits per heavy atom. The van der Waals surface area contributed by atoms with E-state index in [4.69, 9.17) is 4.98 Å². The SMILES string of the molecule is Cc1cc(-c2nccn2C)nc(C2CCN(C(=O)c3cc(F)cc(F)c3)CC2)n1. The number of aryl methyl sites for hydroxylation is 2. The van der Waals surface area contributed by atoms with Crippen LogP contribution in [0.2, 0.25) is 0 Å². The topological polar surface area (TPSA) is 63.9 Å². The van der Waals surface area contributed by atoms with Gasteiger partial charge in [0, 0.05) is 55.8 Å². The van der Waals surface area contributed by atoms with Gasteiger partial charge >= 0.3 is 0 Å². The number of hydrogen-bond acceptors (Lipinski definition) is 4. The molecule has 1 amide bonds. The molecule has 0 spiro atoms. The highest BCUT2D eigenvalue weighted by molar-refractivity contribution is 5.94. The van der Waals surface area contributed by atoms with Gasteiger partial charge in [-0.1, -0.05) is 0 Å². The molecule has 0 radical (unpaired) electrons. The number of nitrogens with zero attached hydrogens (tertiary/aromatic N) is 5. The molecule has 1 fully saturated rings. The van der Waals surface area contributed by atoms with Gasteiger partial charge in [-0.25, -0.2) is 23.7 Å². The maximum Gasteiger partial charge on any atom is 0.254 e. The first-order valence-electron chi connectivity index (χ1n) is 9.49. The zero-order valence-electron chi connectivity index (χ0n) is 16.3. The molecule has 8 heteroatoms. The maximum atomic E-state index is 13.4. The molecule has 0 aliphatic carbocycles. The van der Waals surface area contributed by atoms with Crippen molar-refractivity contribution in [3.63, 3.8) is 0 Å². The average molecular weight is 397 g/mol. The second-order valence-electron chi connectivity index (χ2n) is 7.34. The lowest BCUT2D eigenvalue weighted by Crippen LogP contribution is -2.38. The van der Waals surface area contributed by atoms with Gasteiger partial charge in [-0.2, -0.15) is 0 Å². The number of piperidine rings is 1. The molecule has 4 rings (SSSR count). The summed E-state index contributed by atoms with van der Waals surface area (Å²) >= 11 is 0. The first-order chi connectivity index (χ1) is 13.9. The lowest BCUT2D eigenvalue weighted by atomic mass is 9.95. The number of hydrogen-bond donors (Lipinski definition) is 0. The summed E-state index contributed by atoms with van der Waals surface area (Å²) in [5, 5.41) is 0. The van der Waals surface area contributed by atoms with Crippen LogP contribution in [0.5, 0.6) is 0 Å². The summed E-state index contributed by atoms with van der Waals surface area (Å²) < 4.78 is 28.8. The largest absolute Gasteiger partial charge is 0.339 e. The normalized spacial score (nSPS) is 15.0. The van der Waals surface area contributed by atoms with Gasteiger partial charge in [-0.05, 0) is 38.0 Å². The first-order valence-corrected chi connectivity index (χ1v) is 9.49. The molecule has 0 saturated carbocycles. The van der Waals surface area contributed by atoms with E-state index in [1.165, 1.54) is 0 Å². The molecule has 0 unspecified atom stereocenters. The highest BCUT2D eigenvalue weighted by atomic mass is 19.1. The van der Waals surface area contributed by atoms with Crippen LogP contribution in [-0.4, -0.2) is 43.4 Å². The van der Waals surface area contributed by atoms with E-state index in [1.54, 1.807) is 11.1 Å². The monoisotopic (exact) mass is 397 g/mol. The van der Waals surface area contributed by atoms with E-state index in [-0.39, 0.29) is 17.4 Å². The molecular formula is C21H21F2N5O. The minimum Gasteiger partial charge on any atom is -0.339 e. The van der Waals surface area contributed by atoms with Crippen LogP contribution in [0.4, 0.5) is 8.78 Å². The molecule has 1 aromatic carbocycles. The van der Waals surface area contributed by atoms with Crippen molar-refractivity contribution in [2.75, 3.05) is 13.1 Å². The summed E-state index contributed by atoms with van der Waals surface area (Å²) in [7, 11) is 1.92. The highest BCUT2D eigenvalue weighted by Crippen LogP contribution is 2.28. The zero-order chi connectivity index (χ0) is 20.5. The van der Waals surface area contributed by atoms with Gasteiger partial charge < -0.3 is 9.47 Å². The number of carbonyl (C=O) groups is 1. The van der Waals surface area contributed by atoms with Gasteiger partial charge in [0.1, 0.15) is 23.2 Å². The molecule has 0 bridgehead atoms. The molecule has 1 aliphatic rings. The fraction of sp³-hybridized carbons (Fsp3) is 0.333. The van der Waals surface area contributed by atoms with Gasteiger partial charge in [0.05, 0.1) is 0 Å². The second kappa shape index (κ2) is 7.69. The first kappa shape index (κ1) is 19.2. The summed E-state index contributed by atoms with van der Waals surface area (Å²) in [5.41, 5.74) is 1.67. The quantitative estimate of drug-likeness (QED) is 0.679. The molecule has 1 saturated heterocycles. The molecule has 3 heterocycles. The smallest absolute Gasteiger partial charge is 0.254 e. The maximum absolute atomic E-state index is 13.4. The van der Waals surface area contributed by atoms with Gasteiger partial charge in [0.15, 0.2) is 5.82 Å². The van der Waals surface area contributed by atoms with Crippen molar-refractivity contribution in [2.24, 2.45) is 7.05 Å². The van der Waals surface area contributed by atoms with E-state index in [0.717, 1.165) is 41.2 Å². The molecule has 6 nitrogen and oxygen atoms in total. The standard InChI is InChI=1S/C21H21F2N5O/c1-13-9-18(20-24-5-8-27(20)2)26-19(25-13)14-3-6-28(7-4-14)21(29)15-10-16(22)12-17(23)11-15/h5,8-12,14H,3-4,6-7H2,1-2H3. The van der Waals surface area contributed by atoms with Crippen molar-refractivity contribution in [1.82, 2.24) is 24.4 Å². The zero-order valence-corrected chi connectivity index (χ0v) is 16.3. The molecule has 2 aromatic heterocycles. The number of imidazole rings is 1. The van der Waals surface area contributed by atoms with E-state index in [2.05, 4.69) is 9.97 Å². The minimum absolute atomic E-state index is 0.0322. The Bertz CT molecular complexity index is 1040. The van der Waals surface area contributed by atoms with Crippen LogP contribution in [0.3, 0.4) is 0 Å². The molecule has 150 valence electrons. The predicted molar refractivity (Wildman–Crippen MR) is 103 cm³/mol. The van der Waals surface area contributed by atoms with Gasteiger partial charge in [-0.15, -0.1) is 0 Å². The summed E-state index contributed by atoms with van der Waals surface area (Å²) in [5.74, 6) is -0.233. The molecule has 3 aromatic rings. The molecule has 0 atom stereocenters. The van der Waals surface area contributed by atoms with Crippen molar-refractivity contribution in [3.8, 4) is 11.5 Å². The van der Waals surface area contributed by atoms with E-state index in [9.17, 15) is 13.6 Å². The van der Waals surface area contributed by atoms with E-state index >= 15 is 0 Å². The lowest BCUT2D eigenvalue weighted by molar-refractivity contribution is 0.0710. The second-order valence-corrected chi connectivity index (χ2v) is 7.34. The van der Waals surface area contributed by atoms with Crippen LogP contribution >= 0.6 is 0 Å². The average Bonchev–Trinajstić information content (AvgIpc) is 3.12. The summed E-state index contributed by atoms with van der Waals surface area (Å²) in [6.45, 7) is 2.89. The Hall–Kier alpha value is -3.16. The van der Waals surface area contributed by atoms with Crippen LogP contribution in [0.15, 0.2) is 36.7 Å². The minimum atomic E-state index is -0.752. The van der Waals surface area contributed by atoms with Crippen molar-refractivity contribution in [3.05, 3.63) is 65.4 Å². The van der Waals surface area contributed by atoms with Crippen molar-refractivity contribution in [2.45, 2.75) is 25.7 Å². The van der Waals surface area contributed by atoms with Crippen LogP contribution < -0.4 is 0 Å². The third-order valence-electron chi connectivity index (χ3n) is 5.18. The number of amides is 1. The molecule has 29 heavy (non-hydrogen) atoms. The van der Waals surface area contributed by atoms with Crippen molar-refractivity contribution >= 4 is 5.91 Å². The molecular weight excluding hydrogens is 376 g/mol. The number of benzene rings is 1.